The molecule has 0 saturated heterocycles. The lowest BCUT2D eigenvalue weighted by Gasteiger charge is -2.06. The Balaban J connectivity index is 2.42. The number of hydrogen-bond acceptors (Lipinski definition) is 2. The summed E-state index contributed by atoms with van der Waals surface area (Å²) in [6, 6.07) is 10.0. The first-order chi connectivity index (χ1) is 7.27. The molecule has 0 bridgehead atoms. The maximum atomic E-state index is 4.33. The van der Waals surface area contributed by atoms with Gasteiger partial charge in [0.1, 0.15) is 0 Å². The highest BCUT2D eigenvalue weighted by Crippen LogP contribution is 2.19. The maximum Gasteiger partial charge on any atom is 0.0888 e. The average molecular weight is 198 g/mol. The molecule has 0 aliphatic carbocycles. The molecule has 2 aromatic heterocycles. The van der Waals surface area contributed by atoms with Crippen molar-refractivity contribution in [1.82, 2.24) is 9.97 Å². The van der Waals surface area contributed by atoms with Gasteiger partial charge in [-0.2, -0.15) is 0 Å². The summed E-state index contributed by atoms with van der Waals surface area (Å²) in [5, 5.41) is 0. The van der Waals surface area contributed by atoms with Crippen LogP contribution in [0.4, 0.5) is 0 Å². The standard InChI is InChI=1S/C13H14N2/c1-10(2)11-6-8-15-13(9-11)12-5-3-4-7-14-12/h3-10H,1-2H3. The normalized spacial score (nSPS) is 10.6. The summed E-state index contributed by atoms with van der Waals surface area (Å²) in [5.74, 6) is 0.524. The monoisotopic (exact) mass is 198 g/mol. The van der Waals surface area contributed by atoms with Crippen molar-refractivity contribution in [3.05, 3.63) is 48.3 Å². The third kappa shape index (κ3) is 2.21. The van der Waals surface area contributed by atoms with Crippen LogP contribution in [0, 0.1) is 0 Å². The van der Waals surface area contributed by atoms with Crippen LogP contribution in [0.15, 0.2) is 42.7 Å². The zero-order valence-electron chi connectivity index (χ0n) is 9.01. The van der Waals surface area contributed by atoms with Gasteiger partial charge >= 0.3 is 0 Å². The topological polar surface area (TPSA) is 25.8 Å². The first kappa shape index (κ1) is 9.84. The Labute approximate surface area is 90.0 Å². The molecular formula is C13H14N2. The molecule has 0 radical (unpaired) electrons. The van der Waals surface area contributed by atoms with Crippen LogP contribution >= 0.6 is 0 Å². The van der Waals surface area contributed by atoms with E-state index in [0.29, 0.717) is 5.92 Å². The molecule has 0 aliphatic rings. The van der Waals surface area contributed by atoms with Crippen LogP contribution < -0.4 is 0 Å². The molecule has 2 aromatic rings. The Kier molecular flexibility index (Phi) is 2.77. The van der Waals surface area contributed by atoms with Gasteiger partial charge in [-0.3, -0.25) is 9.97 Å². The number of pyridine rings is 2. The van der Waals surface area contributed by atoms with E-state index in [-0.39, 0.29) is 0 Å². The highest BCUT2D eigenvalue weighted by Gasteiger charge is 2.03. The first-order valence-electron chi connectivity index (χ1n) is 5.15. The molecule has 2 heterocycles. The van der Waals surface area contributed by atoms with Gasteiger partial charge in [-0.15, -0.1) is 0 Å². The molecule has 0 amide bonds. The van der Waals surface area contributed by atoms with Gasteiger partial charge in [-0.25, -0.2) is 0 Å². The fraction of sp³-hybridized carbons (Fsp3) is 0.231. The van der Waals surface area contributed by atoms with Crippen molar-refractivity contribution in [2.45, 2.75) is 19.8 Å². The molecule has 0 aromatic carbocycles. The van der Waals surface area contributed by atoms with Crippen LogP contribution in [0.1, 0.15) is 25.3 Å². The molecule has 76 valence electrons. The smallest absolute Gasteiger partial charge is 0.0888 e. The van der Waals surface area contributed by atoms with Crippen molar-refractivity contribution in [2.75, 3.05) is 0 Å². The van der Waals surface area contributed by atoms with E-state index in [9.17, 15) is 0 Å². The van der Waals surface area contributed by atoms with Crippen molar-refractivity contribution in [3.63, 3.8) is 0 Å². The maximum absolute atomic E-state index is 4.33. The minimum absolute atomic E-state index is 0.524. The van der Waals surface area contributed by atoms with E-state index in [2.05, 4.69) is 35.9 Å². The Morgan fingerprint density at radius 3 is 2.40 bits per heavy atom. The molecule has 0 saturated carbocycles. The van der Waals surface area contributed by atoms with Gasteiger partial charge in [0.25, 0.3) is 0 Å². The molecule has 0 aliphatic heterocycles. The van der Waals surface area contributed by atoms with E-state index in [1.54, 1.807) is 6.20 Å². The zero-order valence-corrected chi connectivity index (χ0v) is 9.01. The van der Waals surface area contributed by atoms with Crippen molar-refractivity contribution in [1.29, 1.82) is 0 Å². The molecule has 2 heteroatoms. The molecular weight excluding hydrogens is 184 g/mol. The summed E-state index contributed by atoms with van der Waals surface area (Å²) in [4.78, 5) is 8.62. The second kappa shape index (κ2) is 4.22. The third-order valence-corrected chi connectivity index (χ3v) is 2.38. The number of aromatic nitrogens is 2. The van der Waals surface area contributed by atoms with Gasteiger partial charge in [0.2, 0.25) is 0 Å². The lowest BCUT2D eigenvalue weighted by Crippen LogP contribution is -1.91. The summed E-state index contributed by atoms with van der Waals surface area (Å²) in [6.45, 7) is 4.36. The summed E-state index contributed by atoms with van der Waals surface area (Å²) in [7, 11) is 0. The van der Waals surface area contributed by atoms with E-state index in [0.717, 1.165) is 11.4 Å². The SMILES string of the molecule is CC(C)c1ccnc(-c2ccccn2)c1. The Morgan fingerprint density at radius 2 is 1.73 bits per heavy atom. The fourth-order valence-electron chi connectivity index (χ4n) is 1.46. The Hall–Kier alpha value is -1.70. The zero-order chi connectivity index (χ0) is 10.7. The molecule has 0 fully saturated rings. The van der Waals surface area contributed by atoms with E-state index in [1.807, 2.05) is 24.4 Å². The predicted molar refractivity (Wildman–Crippen MR) is 61.6 cm³/mol. The van der Waals surface area contributed by atoms with Crippen LogP contribution in [0.5, 0.6) is 0 Å². The number of nitrogens with zero attached hydrogens (tertiary/aromatic N) is 2. The molecule has 0 unspecified atom stereocenters. The van der Waals surface area contributed by atoms with E-state index >= 15 is 0 Å². The van der Waals surface area contributed by atoms with Crippen molar-refractivity contribution >= 4 is 0 Å². The van der Waals surface area contributed by atoms with Crippen LogP contribution in [-0.4, -0.2) is 9.97 Å². The first-order valence-corrected chi connectivity index (χ1v) is 5.15. The highest BCUT2D eigenvalue weighted by molar-refractivity contribution is 5.54. The number of rotatable bonds is 2. The summed E-state index contributed by atoms with van der Waals surface area (Å²) < 4.78 is 0. The lowest BCUT2D eigenvalue weighted by molar-refractivity contribution is 0.863. The molecule has 0 atom stereocenters. The third-order valence-electron chi connectivity index (χ3n) is 2.38. The van der Waals surface area contributed by atoms with Crippen LogP contribution in [0.25, 0.3) is 11.4 Å². The Morgan fingerprint density at radius 1 is 0.933 bits per heavy atom. The van der Waals surface area contributed by atoms with Gasteiger partial charge in [-0.1, -0.05) is 19.9 Å². The van der Waals surface area contributed by atoms with Crippen molar-refractivity contribution < 1.29 is 0 Å². The predicted octanol–water partition coefficient (Wildman–Crippen LogP) is 3.27. The van der Waals surface area contributed by atoms with Gasteiger partial charge in [0.15, 0.2) is 0 Å². The van der Waals surface area contributed by atoms with Crippen molar-refractivity contribution in [3.8, 4) is 11.4 Å². The minimum atomic E-state index is 0.524. The quantitative estimate of drug-likeness (QED) is 0.740. The highest BCUT2D eigenvalue weighted by atomic mass is 14.8. The lowest BCUT2D eigenvalue weighted by atomic mass is 10.0. The second-order valence-corrected chi connectivity index (χ2v) is 3.84. The molecule has 0 spiro atoms. The summed E-state index contributed by atoms with van der Waals surface area (Å²) in [5.41, 5.74) is 3.17. The molecule has 0 N–H and O–H groups in total. The van der Waals surface area contributed by atoms with E-state index in [1.165, 1.54) is 5.56 Å². The second-order valence-electron chi connectivity index (χ2n) is 3.84. The van der Waals surface area contributed by atoms with Gasteiger partial charge < -0.3 is 0 Å². The van der Waals surface area contributed by atoms with Crippen LogP contribution in [0.2, 0.25) is 0 Å². The molecule has 15 heavy (non-hydrogen) atoms. The number of hydrogen-bond donors (Lipinski definition) is 0. The minimum Gasteiger partial charge on any atom is -0.255 e. The Bertz CT molecular complexity index is 435. The largest absolute Gasteiger partial charge is 0.255 e. The van der Waals surface area contributed by atoms with E-state index in [4.69, 9.17) is 0 Å². The van der Waals surface area contributed by atoms with Crippen LogP contribution in [-0.2, 0) is 0 Å². The van der Waals surface area contributed by atoms with Gasteiger partial charge in [-0.05, 0) is 35.7 Å². The van der Waals surface area contributed by atoms with Crippen LogP contribution in [0.3, 0.4) is 0 Å². The fourth-order valence-corrected chi connectivity index (χ4v) is 1.46. The molecule has 2 rings (SSSR count). The molecule has 2 nitrogen and oxygen atoms in total. The average Bonchev–Trinajstić information content (AvgIpc) is 2.30. The van der Waals surface area contributed by atoms with Gasteiger partial charge in [0, 0.05) is 12.4 Å². The summed E-state index contributed by atoms with van der Waals surface area (Å²) >= 11 is 0. The van der Waals surface area contributed by atoms with E-state index < -0.39 is 0 Å². The summed E-state index contributed by atoms with van der Waals surface area (Å²) in [6.07, 6.45) is 3.64. The van der Waals surface area contributed by atoms with Gasteiger partial charge in [0.05, 0.1) is 11.4 Å². The van der Waals surface area contributed by atoms with Crippen molar-refractivity contribution in [2.24, 2.45) is 0 Å².